The average Bonchev–Trinajstić information content (AvgIpc) is 2.78. The van der Waals surface area contributed by atoms with Crippen LogP contribution in [0.15, 0.2) is 36.4 Å². The molecule has 1 N–H and O–H groups in total. The number of pyridine rings is 1. The summed E-state index contributed by atoms with van der Waals surface area (Å²) >= 11 is 6.26. The topological polar surface area (TPSA) is 78.2 Å². The molecule has 0 fully saturated rings. The summed E-state index contributed by atoms with van der Waals surface area (Å²) in [5.74, 6) is 0.705. The van der Waals surface area contributed by atoms with Crippen LogP contribution >= 0.6 is 11.6 Å². The van der Waals surface area contributed by atoms with E-state index >= 15 is 0 Å². The molecule has 1 amide bonds. The summed E-state index contributed by atoms with van der Waals surface area (Å²) in [5.41, 5.74) is 5.50. The lowest BCUT2D eigenvalue weighted by atomic mass is 9.98. The molecule has 7 heteroatoms. The first-order valence-corrected chi connectivity index (χ1v) is 10.6. The van der Waals surface area contributed by atoms with Gasteiger partial charge in [-0.05, 0) is 42.3 Å². The normalized spacial score (nSPS) is 12.9. The predicted octanol–water partition coefficient (Wildman–Crippen LogP) is 4.33. The van der Waals surface area contributed by atoms with Crippen LogP contribution in [0.5, 0.6) is 5.75 Å². The van der Waals surface area contributed by atoms with Gasteiger partial charge in [0.1, 0.15) is 5.75 Å². The highest BCUT2D eigenvalue weighted by Crippen LogP contribution is 2.33. The maximum Gasteiger partial charge on any atom is 0.219 e. The molecule has 0 saturated carbocycles. The number of nitrogens with zero attached hydrogens (tertiary/aromatic N) is 3. The van der Waals surface area contributed by atoms with Gasteiger partial charge in [0.25, 0.3) is 0 Å². The Bertz CT molecular complexity index is 1200. The molecule has 1 aliphatic heterocycles. The number of fused-ring (bicyclic) bond motifs is 2. The number of aromatic nitrogens is 1. The minimum Gasteiger partial charge on any atom is -0.495 e. The van der Waals surface area contributed by atoms with Crippen molar-refractivity contribution in [2.24, 2.45) is 0 Å². The third-order valence-corrected chi connectivity index (χ3v) is 5.94. The van der Waals surface area contributed by atoms with Crippen LogP contribution in [-0.2, 0) is 24.2 Å². The molecular formula is C24H23ClN4O2. The zero-order valence-electron chi connectivity index (χ0n) is 17.5. The Labute approximate surface area is 186 Å². The molecule has 0 spiro atoms. The predicted molar refractivity (Wildman–Crippen MR) is 121 cm³/mol. The van der Waals surface area contributed by atoms with Crippen molar-refractivity contribution in [2.75, 3.05) is 25.5 Å². The summed E-state index contributed by atoms with van der Waals surface area (Å²) in [6.07, 6.45) is 1.48. The largest absolute Gasteiger partial charge is 0.495 e. The van der Waals surface area contributed by atoms with Crippen molar-refractivity contribution in [2.45, 2.75) is 26.3 Å². The van der Waals surface area contributed by atoms with Crippen LogP contribution < -0.4 is 10.1 Å². The van der Waals surface area contributed by atoms with Gasteiger partial charge in [0.2, 0.25) is 5.91 Å². The Morgan fingerprint density at radius 2 is 2.16 bits per heavy atom. The van der Waals surface area contributed by atoms with Gasteiger partial charge in [-0.25, -0.2) is 0 Å². The highest BCUT2D eigenvalue weighted by atomic mass is 35.5. The first-order chi connectivity index (χ1) is 15.0. The fourth-order valence-corrected chi connectivity index (χ4v) is 4.26. The van der Waals surface area contributed by atoms with E-state index in [0.29, 0.717) is 42.4 Å². The summed E-state index contributed by atoms with van der Waals surface area (Å²) in [4.78, 5) is 18.6. The maximum atomic E-state index is 12.0. The van der Waals surface area contributed by atoms with Crippen LogP contribution in [0.4, 0.5) is 5.69 Å². The molecule has 2 aromatic carbocycles. The van der Waals surface area contributed by atoms with E-state index in [2.05, 4.69) is 11.4 Å². The zero-order valence-corrected chi connectivity index (χ0v) is 18.3. The Hall–Kier alpha value is -3.30. The van der Waals surface area contributed by atoms with E-state index in [1.807, 2.05) is 35.2 Å². The first-order valence-electron chi connectivity index (χ1n) is 10.2. The average molecular weight is 435 g/mol. The third kappa shape index (κ3) is 4.28. The van der Waals surface area contributed by atoms with Crippen molar-refractivity contribution in [3.05, 3.63) is 63.8 Å². The highest BCUT2D eigenvalue weighted by molar-refractivity contribution is 6.32. The highest BCUT2D eigenvalue weighted by Gasteiger charge is 2.24. The number of halogens is 1. The monoisotopic (exact) mass is 434 g/mol. The summed E-state index contributed by atoms with van der Waals surface area (Å²) in [6.45, 7) is 3.45. The number of carbonyl (C=O) groups is 1. The maximum absolute atomic E-state index is 12.0. The molecule has 158 valence electrons. The van der Waals surface area contributed by atoms with Gasteiger partial charge in [-0.1, -0.05) is 17.7 Å². The number of rotatable bonds is 5. The van der Waals surface area contributed by atoms with Crippen LogP contribution in [0, 0.1) is 11.3 Å². The van der Waals surface area contributed by atoms with Crippen molar-refractivity contribution in [3.63, 3.8) is 0 Å². The van der Waals surface area contributed by atoms with Crippen molar-refractivity contribution in [3.8, 4) is 11.8 Å². The first kappa shape index (κ1) is 21.0. The van der Waals surface area contributed by atoms with Crippen molar-refractivity contribution in [1.82, 2.24) is 9.88 Å². The fourth-order valence-electron chi connectivity index (χ4n) is 3.98. The number of ether oxygens (including phenoxy) is 1. The minimum atomic E-state index is 0.0512. The number of benzene rings is 2. The summed E-state index contributed by atoms with van der Waals surface area (Å²) in [7, 11) is 1.60. The Balaban J connectivity index is 1.67. The molecule has 31 heavy (non-hydrogen) atoms. The van der Waals surface area contributed by atoms with E-state index < -0.39 is 0 Å². The number of amides is 1. The molecule has 0 unspecified atom stereocenters. The summed E-state index contributed by atoms with van der Waals surface area (Å²) in [6, 6.07) is 13.5. The van der Waals surface area contributed by atoms with Gasteiger partial charge < -0.3 is 15.0 Å². The van der Waals surface area contributed by atoms with Gasteiger partial charge in [-0.3, -0.25) is 9.78 Å². The Morgan fingerprint density at radius 3 is 2.87 bits per heavy atom. The van der Waals surface area contributed by atoms with E-state index in [1.54, 1.807) is 20.1 Å². The SMILES string of the molecule is COc1ccc(CCNc2c3c(nc4ccc(C#N)cc24)CCN(C(C)=O)C3)cc1Cl. The molecule has 1 aliphatic rings. The second kappa shape index (κ2) is 8.83. The Morgan fingerprint density at radius 1 is 1.32 bits per heavy atom. The van der Waals surface area contributed by atoms with E-state index in [1.165, 1.54) is 0 Å². The number of nitrogens with one attached hydrogen (secondary N) is 1. The van der Waals surface area contributed by atoms with E-state index in [0.717, 1.165) is 39.8 Å². The van der Waals surface area contributed by atoms with Gasteiger partial charge in [-0.15, -0.1) is 0 Å². The van der Waals surface area contributed by atoms with E-state index in [9.17, 15) is 10.1 Å². The second-order valence-electron chi connectivity index (χ2n) is 7.59. The van der Waals surface area contributed by atoms with Gasteiger partial charge in [0.05, 0.1) is 35.0 Å². The quantitative estimate of drug-likeness (QED) is 0.646. The van der Waals surface area contributed by atoms with Gasteiger partial charge in [-0.2, -0.15) is 5.26 Å². The van der Waals surface area contributed by atoms with Gasteiger partial charge in [0, 0.05) is 49.6 Å². The molecule has 4 rings (SSSR count). The number of anilines is 1. The van der Waals surface area contributed by atoms with Crippen molar-refractivity contribution < 1.29 is 9.53 Å². The van der Waals surface area contributed by atoms with Crippen LogP contribution in [0.25, 0.3) is 10.9 Å². The lowest BCUT2D eigenvalue weighted by Crippen LogP contribution is -2.35. The number of methoxy groups -OCH3 is 1. The molecular weight excluding hydrogens is 412 g/mol. The molecule has 1 aromatic heterocycles. The zero-order chi connectivity index (χ0) is 22.0. The van der Waals surface area contributed by atoms with E-state index in [4.69, 9.17) is 21.3 Å². The van der Waals surface area contributed by atoms with Crippen LogP contribution in [0.2, 0.25) is 5.02 Å². The van der Waals surface area contributed by atoms with Crippen LogP contribution in [0.3, 0.4) is 0 Å². The number of hydrogen-bond acceptors (Lipinski definition) is 5. The fraction of sp³-hybridized carbons (Fsp3) is 0.292. The lowest BCUT2D eigenvalue weighted by Gasteiger charge is -2.30. The molecule has 0 aliphatic carbocycles. The number of hydrogen-bond donors (Lipinski definition) is 1. The van der Waals surface area contributed by atoms with Gasteiger partial charge in [0.15, 0.2) is 0 Å². The molecule has 0 atom stereocenters. The summed E-state index contributed by atoms with van der Waals surface area (Å²) in [5, 5.41) is 14.4. The molecule has 6 nitrogen and oxygen atoms in total. The molecule has 0 bridgehead atoms. The van der Waals surface area contributed by atoms with E-state index in [-0.39, 0.29) is 5.91 Å². The second-order valence-corrected chi connectivity index (χ2v) is 8.00. The molecule has 2 heterocycles. The Kier molecular flexibility index (Phi) is 5.97. The van der Waals surface area contributed by atoms with Crippen LogP contribution in [0.1, 0.15) is 29.3 Å². The number of nitriles is 1. The number of carbonyl (C=O) groups excluding carboxylic acids is 1. The lowest BCUT2D eigenvalue weighted by molar-refractivity contribution is -0.129. The van der Waals surface area contributed by atoms with Crippen molar-refractivity contribution >= 4 is 34.1 Å². The molecule has 0 radical (unpaired) electrons. The minimum absolute atomic E-state index is 0.0512. The van der Waals surface area contributed by atoms with Crippen molar-refractivity contribution in [1.29, 1.82) is 5.26 Å². The smallest absolute Gasteiger partial charge is 0.219 e. The van der Waals surface area contributed by atoms with Gasteiger partial charge >= 0.3 is 0 Å². The molecule has 0 saturated heterocycles. The third-order valence-electron chi connectivity index (χ3n) is 5.65. The standard InChI is InChI=1S/C24H23ClN4O2/c1-15(30)29-10-8-22-19(14-29)24(18-11-17(13-26)3-5-21(18)28-22)27-9-7-16-4-6-23(31-2)20(25)12-16/h3-6,11-12H,7-10,14H2,1-2H3,(H,27,28). The molecule has 3 aromatic rings. The van der Waals surface area contributed by atoms with Crippen LogP contribution in [-0.4, -0.2) is 36.0 Å². The summed E-state index contributed by atoms with van der Waals surface area (Å²) < 4.78 is 5.22.